The zero-order chi connectivity index (χ0) is 25.9. The molecule has 0 spiro atoms. The number of carbonyl (C=O) groups excluding carboxylic acids is 1. The Morgan fingerprint density at radius 1 is 0.500 bits per heavy atom. The van der Waals surface area contributed by atoms with E-state index in [-0.39, 0.29) is 10.8 Å². The number of aryl methyl sites for hydroxylation is 2. The van der Waals surface area contributed by atoms with Crippen LogP contribution in [0.1, 0.15) is 61.1 Å². The SMILES string of the molecule is Cc1ccccc1C(C)(C)c1ccccc1OC(=O)Oc1ccccc1C(C)(C)c1ccccc1C. The molecule has 0 aromatic heterocycles. The van der Waals surface area contributed by atoms with Gasteiger partial charge in [0.15, 0.2) is 0 Å². The highest BCUT2D eigenvalue weighted by molar-refractivity contribution is 5.69. The molecule has 0 unspecified atom stereocenters. The lowest BCUT2D eigenvalue weighted by atomic mass is 9.76. The minimum absolute atomic E-state index is 0.368. The average molecular weight is 479 g/mol. The van der Waals surface area contributed by atoms with Crippen LogP contribution in [0.3, 0.4) is 0 Å². The van der Waals surface area contributed by atoms with Crippen LogP contribution in [0.25, 0.3) is 0 Å². The molecule has 0 radical (unpaired) electrons. The molecule has 0 aliphatic heterocycles. The van der Waals surface area contributed by atoms with Crippen LogP contribution in [-0.4, -0.2) is 6.16 Å². The summed E-state index contributed by atoms with van der Waals surface area (Å²) >= 11 is 0. The molecular formula is C33H34O3. The molecule has 0 amide bonds. The maximum absolute atomic E-state index is 13.1. The van der Waals surface area contributed by atoms with E-state index in [1.807, 2.05) is 72.8 Å². The van der Waals surface area contributed by atoms with Crippen molar-refractivity contribution in [2.75, 3.05) is 0 Å². The quantitative estimate of drug-likeness (QED) is 0.206. The highest BCUT2D eigenvalue weighted by Gasteiger charge is 2.31. The molecular weight excluding hydrogens is 444 g/mol. The Morgan fingerprint density at radius 3 is 1.17 bits per heavy atom. The fourth-order valence-electron chi connectivity index (χ4n) is 5.18. The summed E-state index contributed by atoms with van der Waals surface area (Å²) in [4.78, 5) is 13.1. The van der Waals surface area contributed by atoms with Crippen molar-refractivity contribution in [3.63, 3.8) is 0 Å². The van der Waals surface area contributed by atoms with E-state index in [2.05, 4.69) is 65.8 Å². The predicted octanol–water partition coefficient (Wildman–Crippen LogP) is 8.53. The molecule has 4 aromatic carbocycles. The van der Waals surface area contributed by atoms with Crippen molar-refractivity contribution in [3.05, 3.63) is 130 Å². The van der Waals surface area contributed by atoms with E-state index in [0.29, 0.717) is 11.5 Å². The molecule has 0 saturated carbocycles. The Hall–Kier alpha value is -3.85. The van der Waals surface area contributed by atoms with E-state index < -0.39 is 6.16 Å². The molecule has 0 N–H and O–H groups in total. The molecule has 0 aliphatic rings. The maximum atomic E-state index is 13.1. The van der Waals surface area contributed by atoms with Gasteiger partial charge in [0.2, 0.25) is 0 Å². The van der Waals surface area contributed by atoms with Crippen LogP contribution < -0.4 is 9.47 Å². The first-order valence-corrected chi connectivity index (χ1v) is 12.3. The van der Waals surface area contributed by atoms with Gasteiger partial charge in [-0.3, -0.25) is 0 Å². The van der Waals surface area contributed by atoms with Crippen molar-refractivity contribution in [1.29, 1.82) is 0 Å². The van der Waals surface area contributed by atoms with E-state index in [1.165, 1.54) is 22.3 Å². The predicted molar refractivity (Wildman–Crippen MR) is 146 cm³/mol. The van der Waals surface area contributed by atoms with Crippen molar-refractivity contribution in [2.24, 2.45) is 0 Å². The summed E-state index contributed by atoms with van der Waals surface area (Å²) < 4.78 is 11.7. The third kappa shape index (κ3) is 4.92. The minimum atomic E-state index is -0.754. The minimum Gasteiger partial charge on any atom is -0.394 e. The second-order valence-corrected chi connectivity index (χ2v) is 10.3. The van der Waals surface area contributed by atoms with Gasteiger partial charge in [-0.2, -0.15) is 0 Å². The fraction of sp³-hybridized carbons (Fsp3) is 0.242. The third-order valence-electron chi connectivity index (χ3n) is 7.14. The Bertz CT molecular complexity index is 1280. The molecule has 3 heteroatoms. The highest BCUT2D eigenvalue weighted by atomic mass is 16.7. The number of para-hydroxylation sites is 2. The molecule has 0 fully saturated rings. The summed E-state index contributed by atoms with van der Waals surface area (Å²) in [6.45, 7) is 12.8. The van der Waals surface area contributed by atoms with Gasteiger partial charge in [0.05, 0.1) is 0 Å². The monoisotopic (exact) mass is 478 g/mol. The van der Waals surface area contributed by atoms with Crippen LogP contribution in [0.5, 0.6) is 11.5 Å². The molecule has 184 valence electrons. The summed E-state index contributed by atoms with van der Waals surface area (Å²) in [5.74, 6) is 0.984. The zero-order valence-electron chi connectivity index (χ0n) is 22.0. The van der Waals surface area contributed by atoms with Crippen molar-refractivity contribution in [1.82, 2.24) is 0 Å². The van der Waals surface area contributed by atoms with Gasteiger partial charge in [0, 0.05) is 22.0 Å². The van der Waals surface area contributed by atoms with Gasteiger partial charge in [-0.1, -0.05) is 113 Å². The Kier molecular flexibility index (Phi) is 7.03. The zero-order valence-corrected chi connectivity index (χ0v) is 22.0. The van der Waals surface area contributed by atoms with Gasteiger partial charge < -0.3 is 9.47 Å². The number of hydrogen-bond donors (Lipinski definition) is 0. The first-order valence-electron chi connectivity index (χ1n) is 12.3. The van der Waals surface area contributed by atoms with E-state index in [9.17, 15) is 4.79 Å². The molecule has 36 heavy (non-hydrogen) atoms. The second-order valence-electron chi connectivity index (χ2n) is 10.3. The van der Waals surface area contributed by atoms with Gasteiger partial charge in [0.1, 0.15) is 11.5 Å². The summed E-state index contributed by atoms with van der Waals surface area (Å²) in [6, 6.07) is 31.9. The lowest BCUT2D eigenvalue weighted by Gasteiger charge is -2.30. The molecule has 0 saturated heterocycles. The molecule has 4 aromatic rings. The first kappa shape index (κ1) is 25.2. The smallest absolute Gasteiger partial charge is 0.394 e. The van der Waals surface area contributed by atoms with Gasteiger partial charge in [0.25, 0.3) is 0 Å². The van der Waals surface area contributed by atoms with E-state index >= 15 is 0 Å². The molecule has 0 heterocycles. The van der Waals surface area contributed by atoms with Crippen molar-refractivity contribution in [2.45, 2.75) is 52.4 Å². The normalized spacial score (nSPS) is 11.7. The molecule has 3 nitrogen and oxygen atoms in total. The van der Waals surface area contributed by atoms with Crippen LogP contribution in [0, 0.1) is 13.8 Å². The molecule has 0 aliphatic carbocycles. The standard InChI is InChI=1S/C33H34O3/c1-23-15-7-9-17-25(23)32(3,4)27-19-11-13-21-29(27)35-31(34)36-30-22-14-12-20-28(30)33(5,6)26-18-10-8-16-24(26)2/h7-22H,1-6H3. The number of rotatable bonds is 6. The molecule has 0 bridgehead atoms. The Morgan fingerprint density at radius 2 is 0.806 bits per heavy atom. The summed E-state index contributed by atoms with van der Waals surface area (Å²) in [6.07, 6.45) is -0.754. The van der Waals surface area contributed by atoms with Crippen molar-refractivity contribution in [3.8, 4) is 11.5 Å². The summed E-state index contributed by atoms with van der Waals surface area (Å²) in [5.41, 5.74) is 5.84. The molecule has 0 atom stereocenters. The lowest BCUT2D eigenvalue weighted by Crippen LogP contribution is -2.25. The Labute approximate surface area is 214 Å². The van der Waals surface area contributed by atoms with E-state index in [4.69, 9.17) is 9.47 Å². The highest BCUT2D eigenvalue weighted by Crippen LogP contribution is 2.40. The van der Waals surface area contributed by atoms with Crippen molar-refractivity contribution >= 4 is 6.16 Å². The largest absolute Gasteiger partial charge is 0.519 e. The average Bonchev–Trinajstić information content (AvgIpc) is 2.85. The Balaban J connectivity index is 1.63. The third-order valence-corrected chi connectivity index (χ3v) is 7.14. The summed E-state index contributed by atoms with van der Waals surface area (Å²) in [7, 11) is 0. The van der Waals surface area contributed by atoms with Gasteiger partial charge in [-0.25, -0.2) is 4.79 Å². The maximum Gasteiger partial charge on any atom is 0.519 e. The van der Waals surface area contributed by atoms with Gasteiger partial charge in [-0.05, 0) is 48.2 Å². The van der Waals surface area contributed by atoms with E-state index in [0.717, 1.165) is 11.1 Å². The lowest BCUT2D eigenvalue weighted by molar-refractivity contribution is 0.150. The topological polar surface area (TPSA) is 35.5 Å². The van der Waals surface area contributed by atoms with Crippen LogP contribution >= 0.6 is 0 Å². The number of hydrogen-bond acceptors (Lipinski definition) is 3. The van der Waals surface area contributed by atoms with Crippen molar-refractivity contribution < 1.29 is 14.3 Å². The van der Waals surface area contributed by atoms with Crippen LogP contribution in [0.15, 0.2) is 97.1 Å². The van der Waals surface area contributed by atoms with Gasteiger partial charge >= 0.3 is 6.16 Å². The van der Waals surface area contributed by atoms with E-state index in [1.54, 1.807) is 0 Å². The first-order chi connectivity index (χ1) is 17.1. The fourth-order valence-corrected chi connectivity index (χ4v) is 5.18. The molecule has 4 rings (SSSR count). The van der Waals surface area contributed by atoms with Gasteiger partial charge in [-0.15, -0.1) is 0 Å². The number of benzene rings is 4. The second kappa shape index (κ2) is 10.0. The van der Waals surface area contributed by atoms with Crippen LogP contribution in [-0.2, 0) is 10.8 Å². The summed E-state index contributed by atoms with van der Waals surface area (Å²) in [5, 5.41) is 0. The number of ether oxygens (including phenoxy) is 2. The number of carbonyl (C=O) groups is 1. The van der Waals surface area contributed by atoms with Crippen LogP contribution in [0.2, 0.25) is 0 Å². The van der Waals surface area contributed by atoms with Crippen LogP contribution in [0.4, 0.5) is 4.79 Å².